The largest absolute Gasteiger partial charge is 0.462 e. The quantitative estimate of drug-likeness (QED) is 0.503. The number of carbonyl (C=O) groups excluding carboxylic acids is 1. The second-order valence-corrected chi connectivity index (χ2v) is 9.07. The predicted molar refractivity (Wildman–Crippen MR) is 119 cm³/mol. The van der Waals surface area contributed by atoms with Crippen LogP contribution in [0.2, 0.25) is 0 Å². The lowest BCUT2D eigenvalue weighted by Gasteiger charge is -2.21. The molecule has 156 valence electrons. The highest BCUT2D eigenvalue weighted by atomic mass is 32.2. The normalized spacial score (nSPS) is 12.1. The van der Waals surface area contributed by atoms with Gasteiger partial charge < -0.3 is 15.4 Å². The maximum atomic E-state index is 12.0. The van der Waals surface area contributed by atoms with Crippen LogP contribution in [-0.2, 0) is 14.6 Å². The van der Waals surface area contributed by atoms with Gasteiger partial charge in [0.05, 0.1) is 23.1 Å². The maximum absolute atomic E-state index is 12.0. The van der Waals surface area contributed by atoms with E-state index in [2.05, 4.69) is 10.6 Å². The van der Waals surface area contributed by atoms with E-state index in [0.29, 0.717) is 17.3 Å². The molecule has 1 atom stereocenters. The molecule has 0 amide bonds. The van der Waals surface area contributed by atoms with E-state index in [4.69, 9.17) is 17.0 Å². The van der Waals surface area contributed by atoms with Crippen LogP contribution in [-0.4, -0.2) is 32.4 Å². The molecule has 2 N–H and O–H groups in total. The van der Waals surface area contributed by atoms with Crippen LogP contribution in [0.25, 0.3) is 0 Å². The van der Waals surface area contributed by atoms with Gasteiger partial charge in [-0.25, -0.2) is 13.2 Å². The Bertz CT molecular complexity index is 986. The fourth-order valence-corrected chi connectivity index (χ4v) is 3.67. The molecule has 2 rings (SSSR count). The summed E-state index contributed by atoms with van der Waals surface area (Å²) in [5.41, 5.74) is 3.04. The summed E-state index contributed by atoms with van der Waals surface area (Å²) < 4.78 is 28.3. The summed E-state index contributed by atoms with van der Waals surface area (Å²) in [4.78, 5) is 12.2. The van der Waals surface area contributed by atoms with E-state index < -0.39 is 9.84 Å². The third kappa shape index (κ3) is 6.27. The van der Waals surface area contributed by atoms with E-state index in [9.17, 15) is 13.2 Å². The molecule has 29 heavy (non-hydrogen) atoms. The lowest BCUT2D eigenvalue weighted by Crippen LogP contribution is -2.32. The van der Waals surface area contributed by atoms with Gasteiger partial charge in [0.2, 0.25) is 0 Å². The summed E-state index contributed by atoms with van der Waals surface area (Å²) in [5.74, 6) is -0.383. The number of hydrogen-bond donors (Lipinski definition) is 2. The Morgan fingerprint density at radius 3 is 2.34 bits per heavy atom. The highest BCUT2D eigenvalue weighted by Crippen LogP contribution is 2.21. The van der Waals surface area contributed by atoms with Crippen molar-refractivity contribution in [2.45, 2.75) is 38.1 Å². The number of nitrogens with one attached hydrogen (secondary N) is 2. The number of sulfone groups is 1. The summed E-state index contributed by atoms with van der Waals surface area (Å²) in [5, 5.41) is 6.79. The van der Waals surface area contributed by atoms with Gasteiger partial charge in [-0.2, -0.15) is 0 Å². The van der Waals surface area contributed by atoms with Crippen LogP contribution in [0.1, 0.15) is 47.8 Å². The molecule has 2 aromatic carbocycles. The van der Waals surface area contributed by atoms with Crippen molar-refractivity contribution in [1.82, 2.24) is 5.32 Å². The molecule has 0 unspecified atom stereocenters. The molecule has 0 saturated heterocycles. The summed E-state index contributed by atoms with van der Waals surface area (Å²) in [6.07, 6.45) is 1.94. The van der Waals surface area contributed by atoms with E-state index in [1.54, 1.807) is 43.3 Å². The molecule has 0 aliphatic heterocycles. The summed E-state index contributed by atoms with van der Waals surface area (Å²) in [6, 6.07) is 11.9. The van der Waals surface area contributed by atoms with Gasteiger partial charge in [-0.15, -0.1) is 0 Å². The SMILES string of the molecule is CCOC(=O)c1ccc(C)c(NC(=S)N[C@H](CC)c2ccc(S(C)(=O)=O)cc2)c1. The fraction of sp³-hybridized carbons (Fsp3) is 0.333. The smallest absolute Gasteiger partial charge is 0.338 e. The molecule has 0 bridgehead atoms. The Hall–Kier alpha value is -2.45. The van der Waals surface area contributed by atoms with Crippen molar-refractivity contribution in [2.75, 3.05) is 18.2 Å². The zero-order chi connectivity index (χ0) is 21.6. The van der Waals surface area contributed by atoms with Crippen molar-refractivity contribution < 1.29 is 17.9 Å². The van der Waals surface area contributed by atoms with E-state index >= 15 is 0 Å². The molecule has 0 heterocycles. The van der Waals surface area contributed by atoms with Gasteiger partial charge in [0, 0.05) is 11.9 Å². The first-order valence-corrected chi connectivity index (χ1v) is 11.6. The minimum Gasteiger partial charge on any atom is -0.462 e. The van der Waals surface area contributed by atoms with Gasteiger partial charge in [-0.3, -0.25) is 0 Å². The third-order valence-electron chi connectivity index (χ3n) is 4.42. The summed E-state index contributed by atoms with van der Waals surface area (Å²) in [7, 11) is -3.23. The second-order valence-electron chi connectivity index (χ2n) is 6.65. The number of thiocarbonyl (C=S) groups is 1. The molecule has 0 spiro atoms. The number of ether oxygens (including phenoxy) is 1. The molecule has 0 aromatic heterocycles. The standard InChI is InChI=1S/C21H26N2O4S2/c1-5-18(15-9-11-17(12-10-15)29(4,25)26)22-21(28)23-19-13-16(8-7-14(19)3)20(24)27-6-2/h7-13,18H,5-6H2,1-4H3,(H2,22,23,28)/t18-/m1/s1. The van der Waals surface area contributed by atoms with Crippen molar-refractivity contribution in [1.29, 1.82) is 0 Å². The topological polar surface area (TPSA) is 84.5 Å². The van der Waals surface area contributed by atoms with E-state index in [0.717, 1.165) is 23.2 Å². The van der Waals surface area contributed by atoms with Gasteiger partial charge in [0.25, 0.3) is 0 Å². The molecular formula is C21H26N2O4S2. The minimum absolute atomic E-state index is 0.0860. The predicted octanol–water partition coefficient (Wildman–Crippen LogP) is 4.01. The molecule has 8 heteroatoms. The number of benzene rings is 2. The van der Waals surface area contributed by atoms with Gasteiger partial charge in [-0.1, -0.05) is 25.1 Å². The fourth-order valence-electron chi connectivity index (χ4n) is 2.78. The molecule has 0 radical (unpaired) electrons. The van der Waals surface area contributed by atoms with E-state index in [1.165, 1.54) is 6.26 Å². The van der Waals surface area contributed by atoms with Crippen LogP contribution in [0.3, 0.4) is 0 Å². The van der Waals surface area contributed by atoms with Crippen molar-refractivity contribution >= 4 is 38.8 Å². The van der Waals surface area contributed by atoms with E-state index in [1.807, 2.05) is 19.9 Å². The Kier molecular flexibility index (Phi) is 7.75. The van der Waals surface area contributed by atoms with Crippen LogP contribution in [0.5, 0.6) is 0 Å². The van der Waals surface area contributed by atoms with Crippen molar-refractivity contribution in [3.05, 3.63) is 59.2 Å². The highest BCUT2D eigenvalue weighted by Gasteiger charge is 2.14. The Morgan fingerprint density at radius 2 is 1.79 bits per heavy atom. The molecule has 0 aliphatic rings. The number of aryl methyl sites for hydroxylation is 1. The molecule has 0 aliphatic carbocycles. The summed E-state index contributed by atoms with van der Waals surface area (Å²) >= 11 is 5.45. The Balaban J connectivity index is 2.12. The molecule has 6 nitrogen and oxygen atoms in total. The third-order valence-corrected chi connectivity index (χ3v) is 5.77. The first-order chi connectivity index (χ1) is 13.7. The first-order valence-electron chi connectivity index (χ1n) is 9.31. The first kappa shape index (κ1) is 22.8. The maximum Gasteiger partial charge on any atom is 0.338 e. The lowest BCUT2D eigenvalue weighted by molar-refractivity contribution is 0.0526. The number of carbonyl (C=O) groups is 1. The van der Waals surface area contributed by atoms with Crippen LogP contribution in [0, 0.1) is 6.92 Å². The van der Waals surface area contributed by atoms with Crippen LogP contribution >= 0.6 is 12.2 Å². The molecule has 0 saturated carbocycles. The van der Waals surface area contributed by atoms with Crippen molar-refractivity contribution in [3.8, 4) is 0 Å². The molecular weight excluding hydrogens is 408 g/mol. The van der Waals surface area contributed by atoms with Gasteiger partial charge in [0.15, 0.2) is 14.9 Å². The molecule has 0 fully saturated rings. The van der Waals surface area contributed by atoms with Gasteiger partial charge in [0.1, 0.15) is 0 Å². The van der Waals surface area contributed by atoms with Gasteiger partial charge in [-0.05, 0) is 67.9 Å². The van der Waals surface area contributed by atoms with Gasteiger partial charge >= 0.3 is 5.97 Å². The van der Waals surface area contributed by atoms with Crippen LogP contribution in [0.4, 0.5) is 5.69 Å². The lowest BCUT2D eigenvalue weighted by atomic mass is 10.1. The summed E-state index contributed by atoms with van der Waals surface area (Å²) in [6.45, 7) is 6.00. The Morgan fingerprint density at radius 1 is 1.14 bits per heavy atom. The Labute approximate surface area is 177 Å². The minimum atomic E-state index is -3.23. The van der Waals surface area contributed by atoms with Crippen molar-refractivity contribution in [2.24, 2.45) is 0 Å². The zero-order valence-electron chi connectivity index (χ0n) is 17.0. The zero-order valence-corrected chi connectivity index (χ0v) is 18.6. The average Bonchev–Trinajstić information content (AvgIpc) is 2.67. The average molecular weight is 435 g/mol. The monoisotopic (exact) mass is 434 g/mol. The van der Waals surface area contributed by atoms with Crippen LogP contribution < -0.4 is 10.6 Å². The van der Waals surface area contributed by atoms with Crippen LogP contribution in [0.15, 0.2) is 47.4 Å². The second kappa shape index (κ2) is 9.84. The number of esters is 1. The highest BCUT2D eigenvalue weighted by molar-refractivity contribution is 7.90. The molecule has 2 aromatic rings. The number of rotatable bonds is 7. The van der Waals surface area contributed by atoms with E-state index in [-0.39, 0.29) is 16.9 Å². The van der Waals surface area contributed by atoms with Crippen molar-refractivity contribution in [3.63, 3.8) is 0 Å². The number of hydrogen-bond acceptors (Lipinski definition) is 5. The number of anilines is 1.